The van der Waals surface area contributed by atoms with Crippen molar-refractivity contribution in [1.82, 2.24) is 10.2 Å². The predicted octanol–water partition coefficient (Wildman–Crippen LogP) is 3.58. The van der Waals surface area contributed by atoms with E-state index in [-0.39, 0.29) is 11.2 Å². The number of benzene rings is 1. The zero-order valence-corrected chi connectivity index (χ0v) is 13.6. The lowest BCUT2D eigenvalue weighted by molar-refractivity contribution is -0.115. The Morgan fingerprint density at radius 2 is 1.95 bits per heavy atom. The molecule has 0 bridgehead atoms. The molecule has 0 saturated heterocycles. The monoisotopic (exact) mass is 307 g/mol. The minimum atomic E-state index is -0.206. The van der Waals surface area contributed by atoms with Crippen molar-refractivity contribution < 1.29 is 4.79 Å². The number of aromatic nitrogens is 2. The maximum atomic E-state index is 12.3. The van der Waals surface area contributed by atoms with E-state index in [2.05, 4.69) is 34.6 Å². The van der Waals surface area contributed by atoms with Crippen LogP contribution >= 0.6 is 23.1 Å². The third-order valence-corrected chi connectivity index (χ3v) is 4.82. The summed E-state index contributed by atoms with van der Waals surface area (Å²) in [6, 6.07) is 4.15. The fraction of sp³-hybridized carbons (Fsp3) is 0.357. The normalized spacial score (nSPS) is 12.2. The van der Waals surface area contributed by atoms with Crippen LogP contribution < -0.4 is 5.32 Å². The number of carbonyl (C=O) groups is 1. The van der Waals surface area contributed by atoms with Crippen molar-refractivity contribution in [3.8, 4) is 0 Å². The third kappa shape index (κ3) is 3.58. The van der Waals surface area contributed by atoms with Crippen molar-refractivity contribution in [2.45, 2.75) is 37.3 Å². The van der Waals surface area contributed by atoms with E-state index in [0.29, 0.717) is 0 Å². The average Bonchev–Trinajstić information content (AvgIpc) is 2.86. The second-order valence-electron chi connectivity index (χ2n) is 4.73. The fourth-order valence-corrected chi connectivity index (χ4v) is 3.65. The highest BCUT2D eigenvalue weighted by Crippen LogP contribution is 2.27. The van der Waals surface area contributed by atoms with E-state index in [1.165, 1.54) is 28.7 Å². The molecule has 1 heterocycles. The van der Waals surface area contributed by atoms with Gasteiger partial charge in [0.1, 0.15) is 5.51 Å². The van der Waals surface area contributed by atoms with Crippen LogP contribution in [-0.4, -0.2) is 21.4 Å². The molecular formula is C14H17N3OS2. The molecule has 106 valence electrons. The Labute approximate surface area is 127 Å². The van der Waals surface area contributed by atoms with Gasteiger partial charge in [-0.2, -0.15) is 0 Å². The van der Waals surface area contributed by atoms with Crippen LogP contribution in [-0.2, 0) is 4.79 Å². The molecule has 6 heteroatoms. The number of amides is 1. The van der Waals surface area contributed by atoms with Crippen molar-refractivity contribution in [3.05, 3.63) is 34.3 Å². The first kappa shape index (κ1) is 15.0. The Bertz CT molecular complexity index is 588. The second-order valence-corrected chi connectivity index (χ2v) is 7.15. The lowest BCUT2D eigenvalue weighted by Crippen LogP contribution is -2.23. The SMILES string of the molecule is Cc1cc(C)c(NC(=O)[C@@H](C)Sc2nncs2)c(C)c1. The van der Waals surface area contributed by atoms with Gasteiger partial charge in [0.15, 0.2) is 4.34 Å². The highest BCUT2D eigenvalue weighted by Gasteiger charge is 2.17. The summed E-state index contributed by atoms with van der Waals surface area (Å²) in [6.45, 7) is 7.95. The van der Waals surface area contributed by atoms with Crippen LogP contribution in [0.3, 0.4) is 0 Å². The Morgan fingerprint density at radius 3 is 2.50 bits per heavy atom. The molecule has 2 aromatic rings. The lowest BCUT2D eigenvalue weighted by Gasteiger charge is -2.15. The number of nitrogens with zero attached hydrogens (tertiary/aromatic N) is 2. The van der Waals surface area contributed by atoms with Crippen LogP contribution in [0.2, 0.25) is 0 Å². The maximum absolute atomic E-state index is 12.3. The predicted molar refractivity (Wildman–Crippen MR) is 84.5 cm³/mol. The highest BCUT2D eigenvalue weighted by atomic mass is 32.2. The minimum absolute atomic E-state index is 0.0137. The Balaban J connectivity index is 2.08. The van der Waals surface area contributed by atoms with E-state index in [0.717, 1.165) is 21.2 Å². The number of aryl methyl sites for hydroxylation is 3. The van der Waals surface area contributed by atoms with Gasteiger partial charge >= 0.3 is 0 Å². The average molecular weight is 307 g/mol. The first-order valence-corrected chi connectivity index (χ1v) is 8.05. The summed E-state index contributed by atoms with van der Waals surface area (Å²) >= 11 is 2.87. The van der Waals surface area contributed by atoms with Crippen LogP contribution in [0.1, 0.15) is 23.6 Å². The number of carbonyl (C=O) groups excluding carboxylic acids is 1. The van der Waals surface area contributed by atoms with Gasteiger partial charge in [0.25, 0.3) is 0 Å². The molecule has 0 radical (unpaired) electrons. The zero-order chi connectivity index (χ0) is 14.7. The molecule has 20 heavy (non-hydrogen) atoms. The van der Waals surface area contributed by atoms with Crippen LogP contribution in [0.15, 0.2) is 22.0 Å². The van der Waals surface area contributed by atoms with Gasteiger partial charge in [-0.05, 0) is 38.8 Å². The van der Waals surface area contributed by atoms with Gasteiger partial charge in [0.2, 0.25) is 5.91 Å². The molecule has 4 nitrogen and oxygen atoms in total. The first-order chi connectivity index (χ1) is 9.47. The van der Waals surface area contributed by atoms with Crippen molar-refractivity contribution in [2.75, 3.05) is 5.32 Å². The molecule has 1 aromatic carbocycles. The van der Waals surface area contributed by atoms with Crippen LogP contribution in [0.25, 0.3) is 0 Å². The Hall–Kier alpha value is -1.40. The molecule has 0 aliphatic carbocycles. The first-order valence-electron chi connectivity index (χ1n) is 6.29. The smallest absolute Gasteiger partial charge is 0.237 e. The highest BCUT2D eigenvalue weighted by molar-refractivity contribution is 8.02. The van der Waals surface area contributed by atoms with E-state index in [9.17, 15) is 4.79 Å². The number of hydrogen-bond donors (Lipinski definition) is 1. The molecule has 1 aromatic heterocycles. The molecule has 0 fully saturated rings. The van der Waals surface area contributed by atoms with E-state index in [1.807, 2.05) is 20.8 Å². The van der Waals surface area contributed by atoms with Gasteiger partial charge in [0.05, 0.1) is 5.25 Å². The molecule has 0 unspecified atom stereocenters. The van der Waals surface area contributed by atoms with E-state index in [4.69, 9.17) is 0 Å². The second kappa shape index (κ2) is 6.37. The standard InChI is InChI=1S/C14H17N3OS2/c1-8-5-9(2)12(10(3)6-8)16-13(18)11(4)20-14-17-15-7-19-14/h5-7,11H,1-4H3,(H,16,18)/t11-/m1/s1. The summed E-state index contributed by atoms with van der Waals surface area (Å²) in [5.41, 5.74) is 5.95. The van der Waals surface area contributed by atoms with Gasteiger partial charge < -0.3 is 5.32 Å². The van der Waals surface area contributed by atoms with Crippen molar-refractivity contribution >= 4 is 34.7 Å². The summed E-state index contributed by atoms with van der Waals surface area (Å²) in [4.78, 5) is 12.3. The Kier molecular flexibility index (Phi) is 4.77. The van der Waals surface area contributed by atoms with Crippen LogP contribution in [0.4, 0.5) is 5.69 Å². The number of hydrogen-bond acceptors (Lipinski definition) is 5. The third-order valence-electron chi connectivity index (χ3n) is 2.91. The van der Waals surface area contributed by atoms with Crippen molar-refractivity contribution in [1.29, 1.82) is 0 Å². The number of rotatable bonds is 4. The van der Waals surface area contributed by atoms with Gasteiger partial charge in [-0.25, -0.2) is 0 Å². The zero-order valence-electron chi connectivity index (χ0n) is 11.9. The number of thioether (sulfide) groups is 1. The minimum Gasteiger partial charge on any atom is -0.325 e. The largest absolute Gasteiger partial charge is 0.325 e. The molecule has 2 rings (SSSR count). The maximum Gasteiger partial charge on any atom is 0.237 e. The molecule has 1 amide bonds. The summed E-state index contributed by atoms with van der Waals surface area (Å²) in [7, 11) is 0. The quantitative estimate of drug-likeness (QED) is 0.877. The molecule has 1 N–H and O–H groups in total. The van der Waals surface area contributed by atoms with E-state index < -0.39 is 0 Å². The van der Waals surface area contributed by atoms with Crippen molar-refractivity contribution in [3.63, 3.8) is 0 Å². The van der Waals surface area contributed by atoms with Crippen LogP contribution in [0, 0.1) is 20.8 Å². The van der Waals surface area contributed by atoms with Crippen molar-refractivity contribution in [2.24, 2.45) is 0 Å². The fourth-order valence-electron chi connectivity index (χ4n) is 2.02. The molecule has 0 aliphatic rings. The molecular weight excluding hydrogens is 290 g/mol. The summed E-state index contributed by atoms with van der Waals surface area (Å²) in [5.74, 6) is -0.0137. The molecule has 0 aliphatic heterocycles. The van der Waals surface area contributed by atoms with Crippen LogP contribution in [0.5, 0.6) is 0 Å². The van der Waals surface area contributed by atoms with Gasteiger partial charge in [0, 0.05) is 5.69 Å². The Morgan fingerprint density at radius 1 is 1.30 bits per heavy atom. The van der Waals surface area contributed by atoms with E-state index >= 15 is 0 Å². The topological polar surface area (TPSA) is 54.9 Å². The van der Waals surface area contributed by atoms with E-state index in [1.54, 1.807) is 5.51 Å². The molecule has 0 saturated carbocycles. The lowest BCUT2D eigenvalue weighted by atomic mass is 10.1. The summed E-state index contributed by atoms with van der Waals surface area (Å²) < 4.78 is 0.810. The summed E-state index contributed by atoms with van der Waals surface area (Å²) in [5, 5.41) is 10.5. The summed E-state index contributed by atoms with van der Waals surface area (Å²) in [6.07, 6.45) is 0. The number of nitrogens with one attached hydrogen (secondary N) is 1. The van der Waals surface area contributed by atoms with Gasteiger partial charge in [-0.1, -0.05) is 40.8 Å². The molecule has 0 spiro atoms. The number of anilines is 1. The van der Waals surface area contributed by atoms with Gasteiger partial charge in [-0.15, -0.1) is 10.2 Å². The molecule has 1 atom stereocenters. The van der Waals surface area contributed by atoms with Gasteiger partial charge in [-0.3, -0.25) is 4.79 Å².